The first-order chi connectivity index (χ1) is 8.74. The van der Waals surface area contributed by atoms with Crippen LogP contribution in [0.4, 0.5) is 4.39 Å². The van der Waals surface area contributed by atoms with E-state index in [1.165, 1.54) is 5.56 Å². The first-order valence-corrected chi connectivity index (χ1v) is 6.94. The van der Waals surface area contributed by atoms with Gasteiger partial charge in [-0.25, -0.2) is 4.39 Å². The van der Waals surface area contributed by atoms with E-state index < -0.39 is 12.7 Å². The number of hydrogen-bond donors (Lipinski definition) is 2. The van der Waals surface area contributed by atoms with Crippen LogP contribution in [0.5, 0.6) is 0 Å². The minimum absolute atomic E-state index is 0.267. The number of halogens is 1. The molecule has 1 aromatic heterocycles. The van der Waals surface area contributed by atoms with Crippen LogP contribution >= 0.6 is 11.3 Å². The highest BCUT2D eigenvalue weighted by molar-refractivity contribution is 7.07. The number of thiophene rings is 1. The molecule has 0 radical (unpaired) electrons. The normalized spacial score (nSPS) is 12.7. The van der Waals surface area contributed by atoms with Crippen LogP contribution in [0, 0.1) is 0 Å². The molecule has 102 valence electrons. The van der Waals surface area contributed by atoms with Gasteiger partial charge in [0.2, 0.25) is 0 Å². The van der Waals surface area contributed by atoms with Gasteiger partial charge in [0.25, 0.3) is 0 Å². The smallest absolute Gasteiger partial charge is 0.107 e. The number of aliphatic hydroxyl groups is 1. The van der Waals surface area contributed by atoms with Gasteiger partial charge in [-0.15, -0.1) is 0 Å². The zero-order valence-corrected chi connectivity index (χ0v) is 11.6. The molecule has 0 fully saturated rings. The van der Waals surface area contributed by atoms with Crippen molar-refractivity contribution < 1.29 is 9.50 Å². The maximum atomic E-state index is 11.1. The number of aliphatic hydroxyl groups excluding tert-OH is 1. The first kappa shape index (κ1) is 17.0. The molecule has 0 aliphatic carbocycles. The van der Waals surface area contributed by atoms with Crippen molar-refractivity contribution in [2.24, 2.45) is 5.73 Å². The molecule has 3 N–H and O–H groups in total. The van der Waals surface area contributed by atoms with E-state index in [9.17, 15) is 4.39 Å². The molecule has 0 saturated heterocycles. The second kappa shape index (κ2) is 12.5. The van der Waals surface area contributed by atoms with Crippen molar-refractivity contribution in [1.29, 1.82) is 0 Å². The molecule has 0 aliphatic rings. The molecule has 1 rings (SSSR count). The van der Waals surface area contributed by atoms with E-state index in [1.54, 1.807) is 11.3 Å². The van der Waals surface area contributed by atoms with Gasteiger partial charge in [-0.05, 0) is 35.2 Å². The zero-order chi connectivity index (χ0) is 13.6. The number of alkyl halides is 1. The summed E-state index contributed by atoms with van der Waals surface area (Å²) < 4.78 is 11.1. The number of hydrogen-bond acceptors (Lipinski definition) is 3. The third-order valence-corrected chi connectivity index (χ3v) is 2.72. The van der Waals surface area contributed by atoms with Crippen molar-refractivity contribution >= 4 is 11.3 Å². The average Bonchev–Trinajstić information content (AvgIpc) is 2.91. The largest absolute Gasteiger partial charge is 0.395 e. The van der Waals surface area contributed by atoms with E-state index in [1.807, 2.05) is 0 Å². The Kier molecular flexibility index (Phi) is 11.8. The van der Waals surface area contributed by atoms with Gasteiger partial charge in [0.15, 0.2) is 0 Å². The van der Waals surface area contributed by atoms with Crippen LogP contribution in [-0.2, 0) is 6.42 Å². The first-order valence-electron chi connectivity index (χ1n) is 5.99. The quantitative estimate of drug-likeness (QED) is 0.781. The minimum atomic E-state index is -0.676. The molecular formula is C14H22FNOS. The van der Waals surface area contributed by atoms with Crippen molar-refractivity contribution in [3.63, 3.8) is 0 Å². The zero-order valence-electron chi connectivity index (χ0n) is 10.8. The van der Waals surface area contributed by atoms with Crippen LogP contribution in [0.3, 0.4) is 0 Å². The van der Waals surface area contributed by atoms with Crippen molar-refractivity contribution in [2.45, 2.75) is 25.8 Å². The van der Waals surface area contributed by atoms with Gasteiger partial charge in [-0.2, -0.15) is 11.3 Å². The van der Waals surface area contributed by atoms with Crippen molar-refractivity contribution in [3.8, 4) is 0 Å². The summed E-state index contributed by atoms with van der Waals surface area (Å²) in [5, 5.41) is 12.3. The third-order valence-electron chi connectivity index (χ3n) is 1.99. The highest BCUT2D eigenvalue weighted by atomic mass is 32.1. The fourth-order valence-electron chi connectivity index (χ4n) is 0.955. The van der Waals surface area contributed by atoms with Crippen LogP contribution in [0.1, 0.15) is 18.9 Å². The van der Waals surface area contributed by atoms with Gasteiger partial charge in [0.05, 0.1) is 12.6 Å². The van der Waals surface area contributed by atoms with Crippen LogP contribution in [0.2, 0.25) is 0 Å². The fraction of sp³-hybridized carbons (Fsp3) is 0.429. The summed E-state index contributed by atoms with van der Waals surface area (Å²) in [7, 11) is 0. The Morgan fingerprint density at radius 2 is 2.17 bits per heavy atom. The fourth-order valence-corrected chi connectivity index (χ4v) is 1.64. The number of rotatable bonds is 6. The second-order valence-corrected chi connectivity index (χ2v) is 4.48. The Balaban J connectivity index is 0.000000411. The topological polar surface area (TPSA) is 46.2 Å². The Labute approximate surface area is 113 Å². The van der Waals surface area contributed by atoms with Crippen LogP contribution in [-0.4, -0.2) is 24.4 Å². The van der Waals surface area contributed by atoms with E-state index in [0.29, 0.717) is 0 Å². The summed E-state index contributed by atoms with van der Waals surface area (Å²) in [4.78, 5) is 0. The van der Waals surface area contributed by atoms with Gasteiger partial charge >= 0.3 is 0 Å². The van der Waals surface area contributed by atoms with E-state index in [2.05, 4.69) is 48.1 Å². The molecule has 0 aromatic carbocycles. The lowest BCUT2D eigenvalue weighted by atomic mass is 10.2. The van der Waals surface area contributed by atoms with Crippen molar-refractivity contribution in [1.82, 2.24) is 0 Å². The van der Waals surface area contributed by atoms with E-state index in [-0.39, 0.29) is 6.61 Å². The minimum Gasteiger partial charge on any atom is -0.395 e. The maximum absolute atomic E-state index is 11.1. The van der Waals surface area contributed by atoms with Gasteiger partial charge in [0.1, 0.15) is 6.67 Å². The Hall–Kier alpha value is -0.970. The summed E-state index contributed by atoms with van der Waals surface area (Å²) in [5.74, 6) is 0. The molecule has 18 heavy (non-hydrogen) atoms. The van der Waals surface area contributed by atoms with Gasteiger partial charge in [0, 0.05) is 0 Å². The van der Waals surface area contributed by atoms with E-state index in [0.717, 1.165) is 12.8 Å². The van der Waals surface area contributed by atoms with Crippen molar-refractivity contribution in [2.75, 3.05) is 13.3 Å². The Morgan fingerprint density at radius 1 is 1.44 bits per heavy atom. The molecule has 0 bridgehead atoms. The number of allylic oxidation sites excluding steroid dienone is 4. The molecule has 4 heteroatoms. The lowest BCUT2D eigenvalue weighted by molar-refractivity contribution is 0.242. The lowest BCUT2D eigenvalue weighted by Gasteiger charge is -1.96. The van der Waals surface area contributed by atoms with Crippen molar-refractivity contribution in [3.05, 3.63) is 46.7 Å². The molecule has 1 heterocycles. The highest BCUT2D eigenvalue weighted by Crippen LogP contribution is 2.06. The van der Waals surface area contributed by atoms with E-state index in [4.69, 9.17) is 10.8 Å². The van der Waals surface area contributed by atoms with Gasteiger partial charge in [-0.1, -0.05) is 31.2 Å². The molecule has 1 aromatic rings. The van der Waals surface area contributed by atoms with Crippen LogP contribution < -0.4 is 5.73 Å². The molecule has 0 aliphatic heterocycles. The average molecular weight is 271 g/mol. The van der Waals surface area contributed by atoms with Crippen LogP contribution in [0.15, 0.2) is 41.1 Å². The summed E-state index contributed by atoms with van der Waals surface area (Å²) in [5.41, 5.74) is 6.25. The van der Waals surface area contributed by atoms with Gasteiger partial charge < -0.3 is 10.8 Å². The highest BCUT2D eigenvalue weighted by Gasteiger charge is 1.93. The predicted molar refractivity (Wildman–Crippen MR) is 77.6 cm³/mol. The summed E-state index contributed by atoms with van der Waals surface area (Å²) in [6.45, 7) is 1.23. The maximum Gasteiger partial charge on any atom is 0.107 e. The third kappa shape index (κ3) is 10.2. The standard InChI is InChI=1S/C11H14S.C3H8FNO/c1-2-3-4-5-6-7-11-8-9-12-10-11;4-1-3(5)2-6/h3-6,8-10H,2,7H2,1H3;3,6H,1-2,5H2/b4-3-,6-5-;. The molecule has 1 unspecified atom stereocenters. The molecule has 2 nitrogen and oxygen atoms in total. The molecule has 0 spiro atoms. The second-order valence-electron chi connectivity index (χ2n) is 3.70. The summed E-state index contributed by atoms with van der Waals surface area (Å²) in [6.07, 6.45) is 10.7. The SMILES string of the molecule is CC/C=C\C=C/Cc1ccsc1.NC(CO)CF. The monoisotopic (exact) mass is 271 g/mol. The summed E-state index contributed by atoms with van der Waals surface area (Å²) in [6, 6.07) is 1.49. The molecular weight excluding hydrogens is 249 g/mol. The number of nitrogens with two attached hydrogens (primary N) is 1. The van der Waals surface area contributed by atoms with Gasteiger partial charge in [-0.3, -0.25) is 0 Å². The molecule has 0 amide bonds. The molecule has 1 atom stereocenters. The van der Waals surface area contributed by atoms with Crippen LogP contribution in [0.25, 0.3) is 0 Å². The van der Waals surface area contributed by atoms with E-state index >= 15 is 0 Å². The Morgan fingerprint density at radius 3 is 2.61 bits per heavy atom. The molecule has 0 saturated carbocycles. The predicted octanol–water partition coefficient (Wildman–Crippen LogP) is 3.09. The Bertz CT molecular complexity index is 319. The lowest BCUT2D eigenvalue weighted by Crippen LogP contribution is -2.26. The summed E-state index contributed by atoms with van der Waals surface area (Å²) >= 11 is 1.76.